The lowest BCUT2D eigenvalue weighted by molar-refractivity contribution is 0.0598. The van der Waals surface area contributed by atoms with E-state index < -0.39 is 22.0 Å². The van der Waals surface area contributed by atoms with Gasteiger partial charge in [0.2, 0.25) is 0 Å². The van der Waals surface area contributed by atoms with E-state index in [0.717, 1.165) is 25.7 Å². The van der Waals surface area contributed by atoms with Gasteiger partial charge in [0.25, 0.3) is 15.9 Å². The Morgan fingerprint density at radius 3 is 1.97 bits per heavy atom. The first kappa shape index (κ1) is 26.6. The van der Waals surface area contributed by atoms with Gasteiger partial charge in [0.15, 0.2) is 0 Å². The molecule has 1 N–H and O–H groups in total. The maximum absolute atomic E-state index is 13.3. The standard InChI is InChI=1S/C24H28N2O7S2/c1-32-23(28)16-12-17(24(29)33-2)14-18(13-16)25-35(30,31)19-8-9-21(34-3)20(15-19)22(27)26-10-6-4-5-7-11-26/h8-9,12-15,25H,4-7,10-11H2,1-3H3. The van der Waals surface area contributed by atoms with Crippen LogP contribution in [-0.4, -0.2) is 64.7 Å². The zero-order valence-corrected chi connectivity index (χ0v) is 21.5. The fraction of sp³-hybridized carbons (Fsp3) is 0.375. The molecule has 0 aromatic heterocycles. The molecule has 1 heterocycles. The Hall–Kier alpha value is -3.05. The first-order valence-corrected chi connectivity index (χ1v) is 13.7. The van der Waals surface area contributed by atoms with Crippen molar-refractivity contribution >= 4 is 45.3 Å². The third-order valence-corrected chi connectivity index (χ3v) is 7.81. The second-order valence-corrected chi connectivity index (χ2v) is 10.5. The van der Waals surface area contributed by atoms with Gasteiger partial charge in [-0.15, -0.1) is 11.8 Å². The fourth-order valence-corrected chi connectivity index (χ4v) is 5.47. The molecule has 3 rings (SSSR count). The average Bonchev–Trinajstić information content (AvgIpc) is 3.16. The Kier molecular flexibility index (Phi) is 8.79. The second-order valence-electron chi connectivity index (χ2n) is 7.96. The molecule has 1 aliphatic rings. The van der Waals surface area contributed by atoms with Crippen molar-refractivity contribution in [2.75, 3.05) is 38.3 Å². The molecule has 0 spiro atoms. The van der Waals surface area contributed by atoms with Crippen LogP contribution in [0.3, 0.4) is 0 Å². The van der Waals surface area contributed by atoms with Crippen LogP contribution in [-0.2, 0) is 19.5 Å². The van der Waals surface area contributed by atoms with E-state index >= 15 is 0 Å². The highest BCUT2D eigenvalue weighted by molar-refractivity contribution is 7.98. The number of nitrogens with one attached hydrogen (secondary N) is 1. The van der Waals surface area contributed by atoms with E-state index in [1.54, 1.807) is 11.0 Å². The van der Waals surface area contributed by atoms with Gasteiger partial charge in [0.05, 0.1) is 41.5 Å². The molecule has 1 amide bonds. The summed E-state index contributed by atoms with van der Waals surface area (Å²) in [5.74, 6) is -1.69. The number of carbonyl (C=O) groups excluding carboxylic acids is 3. The maximum atomic E-state index is 13.3. The third kappa shape index (κ3) is 6.34. The van der Waals surface area contributed by atoms with Gasteiger partial charge < -0.3 is 14.4 Å². The number of carbonyl (C=O) groups is 3. The van der Waals surface area contributed by atoms with Gasteiger partial charge in [-0.05, 0) is 55.5 Å². The molecule has 9 nitrogen and oxygen atoms in total. The number of likely N-dealkylation sites (tertiary alicyclic amines) is 1. The molecule has 1 fully saturated rings. The van der Waals surface area contributed by atoms with Crippen LogP contribution in [0.4, 0.5) is 5.69 Å². The molecule has 11 heteroatoms. The number of hydrogen-bond acceptors (Lipinski definition) is 8. The van der Waals surface area contributed by atoms with Gasteiger partial charge >= 0.3 is 11.9 Å². The molecule has 0 unspecified atom stereocenters. The number of benzene rings is 2. The summed E-state index contributed by atoms with van der Waals surface area (Å²) < 4.78 is 38.3. The predicted molar refractivity (Wildman–Crippen MR) is 133 cm³/mol. The number of nitrogens with zero attached hydrogens (tertiary/aromatic N) is 1. The van der Waals surface area contributed by atoms with Crippen molar-refractivity contribution in [3.63, 3.8) is 0 Å². The van der Waals surface area contributed by atoms with Gasteiger partial charge in [0, 0.05) is 18.0 Å². The number of amides is 1. The molecular formula is C24H28N2O7S2. The molecule has 1 saturated heterocycles. The fourth-order valence-electron chi connectivity index (χ4n) is 3.84. The Labute approximate surface area is 209 Å². The van der Waals surface area contributed by atoms with Gasteiger partial charge in [-0.3, -0.25) is 9.52 Å². The van der Waals surface area contributed by atoms with Crippen LogP contribution in [0.1, 0.15) is 56.8 Å². The van der Waals surface area contributed by atoms with E-state index in [4.69, 9.17) is 9.47 Å². The van der Waals surface area contributed by atoms with E-state index in [0.29, 0.717) is 23.5 Å². The smallest absolute Gasteiger partial charge is 0.337 e. The molecule has 35 heavy (non-hydrogen) atoms. The minimum absolute atomic E-state index is 0.0251. The van der Waals surface area contributed by atoms with Crippen molar-refractivity contribution in [1.82, 2.24) is 4.90 Å². The van der Waals surface area contributed by atoms with Crippen LogP contribution < -0.4 is 4.72 Å². The van der Waals surface area contributed by atoms with Gasteiger partial charge in [-0.1, -0.05) is 12.8 Å². The highest BCUT2D eigenvalue weighted by Gasteiger charge is 2.24. The monoisotopic (exact) mass is 520 g/mol. The lowest BCUT2D eigenvalue weighted by Crippen LogP contribution is -2.32. The van der Waals surface area contributed by atoms with Gasteiger partial charge in [-0.25, -0.2) is 18.0 Å². The van der Waals surface area contributed by atoms with Crippen LogP contribution in [0.15, 0.2) is 46.2 Å². The number of anilines is 1. The Balaban J connectivity index is 1.98. The Bertz CT molecular complexity index is 1190. The van der Waals surface area contributed by atoms with Crippen molar-refractivity contribution in [2.45, 2.75) is 35.5 Å². The van der Waals surface area contributed by atoms with E-state index in [9.17, 15) is 22.8 Å². The number of ether oxygens (including phenoxy) is 2. The molecule has 2 aromatic carbocycles. The summed E-state index contributed by atoms with van der Waals surface area (Å²) in [5.41, 5.74) is 0.245. The number of thioether (sulfide) groups is 1. The second kappa shape index (κ2) is 11.6. The summed E-state index contributed by atoms with van der Waals surface area (Å²) >= 11 is 1.37. The van der Waals surface area contributed by atoms with Crippen LogP contribution in [0.5, 0.6) is 0 Å². The molecular weight excluding hydrogens is 492 g/mol. The number of hydrogen-bond donors (Lipinski definition) is 1. The molecule has 0 bridgehead atoms. The Morgan fingerprint density at radius 1 is 0.886 bits per heavy atom. The molecule has 0 radical (unpaired) electrons. The summed E-state index contributed by atoms with van der Waals surface area (Å²) in [6.45, 7) is 1.27. The molecule has 0 aliphatic carbocycles. The maximum Gasteiger partial charge on any atom is 0.337 e. The molecule has 0 atom stereocenters. The van der Waals surface area contributed by atoms with Crippen molar-refractivity contribution in [3.05, 3.63) is 53.1 Å². The van der Waals surface area contributed by atoms with Crippen molar-refractivity contribution in [1.29, 1.82) is 0 Å². The molecule has 188 valence electrons. The number of rotatable bonds is 7. The van der Waals surface area contributed by atoms with Gasteiger partial charge in [0.1, 0.15) is 0 Å². The predicted octanol–water partition coefficient (Wildman–Crippen LogP) is 3.80. The van der Waals surface area contributed by atoms with Crippen LogP contribution in [0, 0.1) is 0 Å². The summed E-state index contributed by atoms with van der Waals surface area (Å²) in [5, 5.41) is 0. The van der Waals surface area contributed by atoms with Crippen molar-refractivity contribution in [2.24, 2.45) is 0 Å². The van der Waals surface area contributed by atoms with Crippen molar-refractivity contribution in [3.8, 4) is 0 Å². The van der Waals surface area contributed by atoms with Crippen molar-refractivity contribution < 1.29 is 32.3 Å². The third-order valence-electron chi connectivity index (χ3n) is 5.63. The minimum atomic E-state index is -4.16. The molecule has 0 saturated carbocycles. The summed E-state index contributed by atoms with van der Waals surface area (Å²) in [7, 11) is -1.82. The zero-order chi connectivity index (χ0) is 25.6. The topological polar surface area (TPSA) is 119 Å². The highest BCUT2D eigenvalue weighted by Crippen LogP contribution is 2.28. The van der Waals surface area contributed by atoms with Gasteiger partial charge in [-0.2, -0.15) is 0 Å². The van der Waals surface area contributed by atoms with E-state index in [2.05, 4.69) is 4.72 Å². The van der Waals surface area contributed by atoms with Crippen LogP contribution in [0.2, 0.25) is 0 Å². The highest BCUT2D eigenvalue weighted by atomic mass is 32.2. The lowest BCUT2D eigenvalue weighted by atomic mass is 10.1. The number of sulfonamides is 1. The summed E-state index contributed by atoms with van der Waals surface area (Å²) in [6, 6.07) is 8.16. The van der Waals surface area contributed by atoms with Crippen LogP contribution >= 0.6 is 11.8 Å². The Morgan fingerprint density at radius 2 is 1.46 bits per heavy atom. The van der Waals surface area contributed by atoms with E-state index in [1.165, 1.54) is 56.3 Å². The van der Waals surface area contributed by atoms with Crippen LogP contribution in [0.25, 0.3) is 0 Å². The largest absolute Gasteiger partial charge is 0.465 e. The van der Waals surface area contributed by atoms with E-state index in [1.807, 2.05) is 6.26 Å². The zero-order valence-electron chi connectivity index (χ0n) is 19.8. The quantitative estimate of drug-likeness (QED) is 0.433. The SMILES string of the molecule is COC(=O)c1cc(NS(=O)(=O)c2ccc(SC)c(C(=O)N3CCCCCC3)c2)cc(C(=O)OC)c1. The molecule has 1 aliphatic heterocycles. The summed E-state index contributed by atoms with van der Waals surface area (Å²) in [4.78, 5) is 39.7. The minimum Gasteiger partial charge on any atom is -0.465 e. The average molecular weight is 521 g/mol. The summed E-state index contributed by atoms with van der Waals surface area (Å²) in [6.07, 6.45) is 5.79. The number of methoxy groups -OCH3 is 2. The lowest BCUT2D eigenvalue weighted by Gasteiger charge is -2.22. The molecule has 2 aromatic rings. The normalized spacial score (nSPS) is 14.1. The first-order chi connectivity index (χ1) is 16.7. The van der Waals surface area contributed by atoms with E-state index in [-0.39, 0.29) is 27.6 Å². The number of esters is 2. The first-order valence-electron chi connectivity index (χ1n) is 11.0.